The second-order valence-electron chi connectivity index (χ2n) is 8.78. The van der Waals surface area contributed by atoms with Crippen molar-refractivity contribution in [2.75, 3.05) is 19.6 Å². The number of amides is 2. The molecule has 2 saturated heterocycles. The number of hydrogen-bond acceptors (Lipinski definition) is 3. The van der Waals surface area contributed by atoms with Crippen molar-refractivity contribution in [3.05, 3.63) is 35.9 Å². The van der Waals surface area contributed by atoms with Crippen LogP contribution in [0.2, 0.25) is 0 Å². The van der Waals surface area contributed by atoms with Crippen molar-refractivity contribution in [3.63, 3.8) is 0 Å². The van der Waals surface area contributed by atoms with Crippen LogP contribution < -0.4 is 5.32 Å². The number of nitrogens with zero attached hydrogens (tertiary/aromatic N) is 2. The molecule has 0 bridgehead atoms. The molecule has 0 radical (unpaired) electrons. The maximum absolute atomic E-state index is 12.6. The monoisotopic (exact) mass is 383 g/mol. The number of nitrogens with one attached hydrogen (secondary N) is 1. The Hall–Kier alpha value is -1.88. The van der Waals surface area contributed by atoms with Gasteiger partial charge in [-0.2, -0.15) is 0 Å². The first kappa shape index (κ1) is 19.4. The van der Waals surface area contributed by atoms with Crippen molar-refractivity contribution >= 4 is 11.8 Å². The fourth-order valence-corrected chi connectivity index (χ4v) is 5.06. The maximum atomic E-state index is 12.6. The second kappa shape index (κ2) is 9.08. The van der Waals surface area contributed by atoms with Gasteiger partial charge in [-0.05, 0) is 31.2 Å². The molecule has 2 heterocycles. The average Bonchev–Trinajstić information content (AvgIpc) is 3.12. The van der Waals surface area contributed by atoms with E-state index in [-0.39, 0.29) is 17.7 Å². The van der Waals surface area contributed by atoms with Gasteiger partial charge in [0.2, 0.25) is 11.8 Å². The first-order valence-electron chi connectivity index (χ1n) is 11.0. The highest BCUT2D eigenvalue weighted by Crippen LogP contribution is 2.27. The zero-order chi connectivity index (χ0) is 19.3. The standard InChI is InChI=1S/C23H33N3O2/c27-22-15-19(23(28)24-20-9-5-2-6-10-20)17-26(22)21-11-13-25(14-12-21)16-18-7-3-1-4-8-18/h1,3-4,7-8,19-21H,2,5-6,9-17H2,(H,24,28)/t19-/m1/s1. The molecule has 1 saturated carbocycles. The number of carbonyl (C=O) groups excluding carboxylic acids is 2. The first-order chi connectivity index (χ1) is 13.7. The second-order valence-corrected chi connectivity index (χ2v) is 8.78. The van der Waals surface area contributed by atoms with E-state index >= 15 is 0 Å². The van der Waals surface area contributed by atoms with E-state index < -0.39 is 0 Å². The van der Waals surface area contributed by atoms with Crippen molar-refractivity contribution < 1.29 is 9.59 Å². The molecule has 1 N–H and O–H groups in total. The van der Waals surface area contributed by atoms with Gasteiger partial charge in [0.15, 0.2) is 0 Å². The fourth-order valence-electron chi connectivity index (χ4n) is 5.06. The largest absolute Gasteiger partial charge is 0.353 e. The Balaban J connectivity index is 1.25. The van der Waals surface area contributed by atoms with E-state index in [0.29, 0.717) is 25.0 Å². The van der Waals surface area contributed by atoms with Gasteiger partial charge in [0.1, 0.15) is 0 Å². The van der Waals surface area contributed by atoms with Gasteiger partial charge in [-0.15, -0.1) is 0 Å². The van der Waals surface area contributed by atoms with Crippen LogP contribution in [0.15, 0.2) is 30.3 Å². The molecule has 2 aliphatic heterocycles. The summed E-state index contributed by atoms with van der Waals surface area (Å²) in [6.07, 6.45) is 8.30. The molecule has 1 aromatic rings. The summed E-state index contributed by atoms with van der Waals surface area (Å²) in [5.41, 5.74) is 1.35. The van der Waals surface area contributed by atoms with Crippen molar-refractivity contribution in [2.24, 2.45) is 5.92 Å². The molecule has 2 amide bonds. The van der Waals surface area contributed by atoms with E-state index in [1.807, 2.05) is 4.90 Å². The first-order valence-corrected chi connectivity index (χ1v) is 11.0. The Kier molecular flexibility index (Phi) is 6.30. The molecule has 5 heteroatoms. The Morgan fingerprint density at radius 2 is 1.71 bits per heavy atom. The van der Waals surface area contributed by atoms with E-state index in [4.69, 9.17) is 0 Å². The lowest BCUT2D eigenvalue weighted by atomic mass is 9.95. The van der Waals surface area contributed by atoms with Crippen LogP contribution in [0.5, 0.6) is 0 Å². The Labute approximate surface area is 168 Å². The third-order valence-corrected chi connectivity index (χ3v) is 6.73. The molecule has 4 rings (SSSR count). The van der Waals surface area contributed by atoms with Crippen LogP contribution in [0.1, 0.15) is 56.9 Å². The van der Waals surface area contributed by atoms with Gasteiger partial charge in [0.25, 0.3) is 0 Å². The molecule has 28 heavy (non-hydrogen) atoms. The molecule has 5 nitrogen and oxygen atoms in total. The normalized spacial score (nSPS) is 25.2. The molecule has 3 fully saturated rings. The molecule has 0 unspecified atom stereocenters. The molecule has 152 valence electrons. The molecule has 3 aliphatic rings. The average molecular weight is 384 g/mol. The van der Waals surface area contributed by atoms with Crippen LogP contribution in [0, 0.1) is 5.92 Å². The van der Waals surface area contributed by atoms with E-state index in [2.05, 4.69) is 40.5 Å². The number of likely N-dealkylation sites (tertiary alicyclic amines) is 2. The molecule has 1 aliphatic carbocycles. The summed E-state index contributed by atoms with van der Waals surface area (Å²) in [6.45, 7) is 3.62. The fraction of sp³-hybridized carbons (Fsp3) is 0.652. The summed E-state index contributed by atoms with van der Waals surface area (Å²) in [6, 6.07) is 11.2. The Morgan fingerprint density at radius 3 is 2.43 bits per heavy atom. The molecule has 1 aromatic carbocycles. The van der Waals surface area contributed by atoms with E-state index in [0.717, 1.165) is 45.3 Å². The van der Waals surface area contributed by atoms with Crippen molar-refractivity contribution in [3.8, 4) is 0 Å². The highest BCUT2D eigenvalue weighted by Gasteiger charge is 2.39. The quantitative estimate of drug-likeness (QED) is 0.851. The molecule has 0 spiro atoms. The van der Waals surface area contributed by atoms with Gasteiger partial charge in [-0.1, -0.05) is 49.6 Å². The smallest absolute Gasteiger partial charge is 0.225 e. The van der Waals surface area contributed by atoms with E-state index in [1.54, 1.807) is 0 Å². The minimum absolute atomic E-state index is 0.101. The van der Waals surface area contributed by atoms with Gasteiger partial charge in [0.05, 0.1) is 5.92 Å². The predicted octanol–water partition coefficient (Wildman–Crippen LogP) is 2.95. The summed E-state index contributed by atoms with van der Waals surface area (Å²) in [5.74, 6) is 0.117. The zero-order valence-corrected chi connectivity index (χ0v) is 16.8. The van der Waals surface area contributed by atoms with Gasteiger partial charge in [-0.25, -0.2) is 0 Å². The minimum atomic E-state index is -0.156. The van der Waals surface area contributed by atoms with Gasteiger partial charge >= 0.3 is 0 Å². The van der Waals surface area contributed by atoms with Crippen LogP contribution in [-0.4, -0.2) is 53.3 Å². The lowest BCUT2D eigenvalue weighted by Gasteiger charge is -2.37. The molecular weight excluding hydrogens is 350 g/mol. The SMILES string of the molecule is O=C(NC1CCCCC1)[C@@H]1CC(=O)N(C2CCN(Cc3ccccc3)CC2)C1. The number of carbonyl (C=O) groups is 2. The summed E-state index contributed by atoms with van der Waals surface area (Å²) < 4.78 is 0. The van der Waals surface area contributed by atoms with Crippen LogP contribution >= 0.6 is 0 Å². The van der Waals surface area contributed by atoms with Crippen LogP contribution in [-0.2, 0) is 16.1 Å². The Bertz CT molecular complexity index is 664. The van der Waals surface area contributed by atoms with Crippen LogP contribution in [0.3, 0.4) is 0 Å². The lowest BCUT2D eigenvalue weighted by molar-refractivity contribution is -0.131. The van der Waals surface area contributed by atoms with E-state index in [9.17, 15) is 9.59 Å². The van der Waals surface area contributed by atoms with Gasteiger partial charge in [0, 0.05) is 44.7 Å². The summed E-state index contributed by atoms with van der Waals surface area (Å²) >= 11 is 0. The third-order valence-electron chi connectivity index (χ3n) is 6.73. The van der Waals surface area contributed by atoms with Crippen molar-refractivity contribution in [1.29, 1.82) is 0 Å². The zero-order valence-electron chi connectivity index (χ0n) is 16.8. The van der Waals surface area contributed by atoms with Crippen molar-refractivity contribution in [2.45, 2.75) is 70.0 Å². The number of piperidine rings is 1. The minimum Gasteiger partial charge on any atom is -0.353 e. The summed E-state index contributed by atoms with van der Waals surface area (Å²) in [5, 5.41) is 3.21. The molecule has 1 atom stereocenters. The Morgan fingerprint density at radius 1 is 1.00 bits per heavy atom. The molecular formula is C23H33N3O2. The lowest BCUT2D eigenvalue weighted by Crippen LogP contribution is -2.46. The van der Waals surface area contributed by atoms with Crippen molar-refractivity contribution in [1.82, 2.24) is 15.1 Å². The van der Waals surface area contributed by atoms with E-state index in [1.165, 1.54) is 24.8 Å². The third kappa shape index (κ3) is 4.75. The summed E-state index contributed by atoms with van der Waals surface area (Å²) in [4.78, 5) is 29.7. The highest BCUT2D eigenvalue weighted by molar-refractivity contribution is 5.89. The number of hydrogen-bond donors (Lipinski definition) is 1. The summed E-state index contributed by atoms with van der Waals surface area (Å²) in [7, 11) is 0. The van der Waals surface area contributed by atoms with Crippen LogP contribution in [0.25, 0.3) is 0 Å². The predicted molar refractivity (Wildman–Crippen MR) is 110 cm³/mol. The van der Waals surface area contributed by atoms with Gasteiger partial charge < -0.3 is 10.2 Å². The van der Waals surface area contributed by atoms with Gasteiger partial charge in [-0.3, -0.25) is 14.5 Å². The van der Waals surface area contributed by atoms with Crippen LogP contribution in [0.4, 0.5) is 0 Å². The number of rotatable bonds is 5. The topological polar surface area (TPSA) is 52.7 Å². The molecule has 0 aromatic heterocycles. The maximum Gasteiger partial charge on any atom is 0.225 e. The highest BCUT2D eigenvalue weighted by atomic mass is 16.2. The number of benzene rings is 1.